The third kappa shape index (κ3) is 3.75. The van der Waals surface area contributed by atoms with E-state index in [0.717, 1.165) is 25.1 Å². The van der Waals surface area contributed by atoms with Crippen LogP contribution in [0.25, 0.3) is 0 Å². The Morgan fingerprint density at radius 1 is 1.23 bits per heavy atom. The van der Waals surface area contributed by atoms with Crippen molar-refractivity contribution in [2.45, 2.75) is 31.3 Å². The predicted octanol–water partition coefficient (Wildman–Crippen LogP) is 2.24. The Hall–Kier alpha value is -1.66. The summed E-state index contributed by atoms with van der Waals surface area (Å²) in [6, 6.07) is 5.06. The molecule has 1 aromatic rings. The van der Waals surface area contributed by atoms with E-state index in [1.54, 1.807) is 6.07 Å². The average Bonchev–Trinajstić information content (AvgIpc) is 2.75. The SMILES string of the molecule is NC1=NC(c2cc(NC3CCCOC3)ccc2F)CCOC1. The highest BCUT2D eigenvalue weighted by atomic mass is 19.1. The molecule has 0 aromatic heterocycles. The van der Waals surface area contributed by atoms with Crippen LogP contribution in [0.15, 0.2) is 23.2 Å². The van der Waals surface area contributed by atoms with E-state index in [4.69, 9.17) is 15.2 Å². The van der Waals surface area contributed by atoms with E-state index in [1.807, 2.05) is 6.07 Å². The molecule has 2 aliphatic heterocycles. The molecular formula is C16H22FN3O2. The van der Waals surface area contributed by atoms with Gasteiger partial charge in [0.2, 0.25) is 0 Å². The van der Waals surface area contributed by atoms with Gasteiger partial charge in [-0.2, -0.15) is 0 Å². The molecule has 0 bridgehead atoms. The predicted molar refractivity (Wildman–Crippen MR) is 83.7 cm³/mol. The Morgan fingerprint density at radius 3 is 2.95 bits per heavy atom. The van der Waals surface area contributed by atoms with Gasteiger partial charge >= 0.3 is 0 Å². The van der Waals surface area contributed by atoms with Gasteiger partial charge in [-0.3, -0.25) is 4.99 Å². The van der Waals surface area contributed by atoms with E-state index in [2.05, 4.69) is 10.3 Å². The van der Waals surface area contributed by atoms with Crippen molar-refractivity contribution in [3.05, 3.63) is 29.6 Å². The maximum atomic E-state index is 14.2. The van der Waals surface area contributed by atoms with Gasteiger partial charge in [0.05, 0.1) is 12.6 Å². The Balaban J connectivity index is 1.78. The van der Waals surface area contributed by atoms with Crippen molar-refractivity contribution >= 4 is 11.5 Å². The fourth-order valence-corrected chi connectivity index (χ4v) is 2.88. The third-order valence-corrected chi connectivity index (χ3v) is 3.99. The smallest absolute Gasteiger partial charge is 0.128 e. The number of rotatable bonds is 3. The lowest BCUT2D eigenvalue weighted by molar-refractivity contribution is 0.0876. The van der Waals surface area contributed by atoms with Crippen LogP contribution in [0, 0.1) is 5.82 Å². The molecule has 3 N–H and O–H groups in total. The molecule has 0 amide bonds. The van der Waals surface area contributed by atoms with E-state index in [9.17, 15) is 4.39 Å². The summed E-state index contributed by atoms with van der Waals surface area (Å²) in [5.74, 6) is 0.162. The van der Waals surface area contributed by atoms with Crippen LogP contribution in [0.2, 0.25) is 0 Å². The van der Waals surface area contributed by atoms with Crippen LogP contribution in [0.1, 0.15) is 30.9 Å². The van der Waals surface area contributed by atoms with Gasteiger partial charge in [-0.25, -0.2) is 4.39 Å². The first kappa shape index (κ1) is 15.2. The Bertz CT molecular complexity index is 544. The molecular weight excluding hydrogens is 285 g/mol. The zero-order valence-corrected chi connectivity index (χ0v) is 12.6. The van der Waals surface area contributed by atoms with Crippen LogP contribution in [0.5, 0.6) is 0 Å². The molecule has 2 aliphatic rings. The molecule has 0 spiro atoms. The summed E-state index contributed by atoms with van der Waals surface area (Å²) < 4.78 is 25.0. The number of nitrogens with zero attached hydrogens (tertiary/aromatic N) is 1. The lowest BCUT2D eigenvalue weighted by atomic mass is 10.0. The summed E-state index contributed by atoms with van der Waals surface area (Å²) >= 11 is 0. The van der Waals surface area contributed by atoms with Crippen molar-refractivity contribution in [2.75, 3.05) is 31.7 Å². The van der Waals surface area contributed by atoms with Crippen molar-refractivity contribution in [2.24, 2.45) is 10.7 Å². The minimum atomic E-state index is -0.285. The lowest BCUT2D eigenvalue weighted by Gasteiger charge is -2.24. The standard InChI is InChI=1S/C16H22FN3O2/c17-14-4-3-11(19-12-2-1-6-21-9-12)8-13(14)15-5-7-22-10-16(18)20-15/h3-4,8,12,15,19H,1-2,5-7,9-10H2,(H2,18,20). The second-order valence-electron chi connectivity index (χ2n) is 5.77. The number of hydrogen-bond donors (Lipinski definition) is 2. The Labute approximate surface area is 129 Å². The summed E-state index contributed by atoms with van der Waals surface area (Å²) in [5.41, 5.74) is 7.23. The van der Waals surface area contributed by atoms with Crippen LogP contribution in [0.3, 0.4) is 0 Å². The lowest BCUT2D eigenvalue weighted by Crippen LogP contribution is -2.30. The van der Waals surface area contributed by atoms with Crippen LogP contribution < -0.4 is 11.1 Å². The van der Waals surface area contributed by atoms with Crippen molar-refractivity contribution in [3.8, 4) is 0 Å². The molecule has 22 heavy (non-hydrogen) atoms. The molecule has 2 heterocycles. The molecule has 2 atom stereocenters. The maximum absolute atomic E-state index is 14.2. The first-order valence-corrected chi connectivity index (χ1v) is 7.76. The minimum absolute atomic E-state index is 0.256. The number of nitrogens with one attached hydrogen (secondary N) is 1. The van der Waals surface area contributed by atoms with Gasteiger partial charge in [-0.1, -0.05) is 0 Å². The van der Waals surface area contributed by atoms with Crippen LogP contribution >= 0.6 is 0 Å². The molecule has 1 saturated heterocycles. The quantitative estimate of drug-likeness (QED) is 0.898. The summed E-state index contributed by atoms with van der Waals surface area (Å²) in [7, 11) is 0. The molecule has 5 nitrogen and oxygen atoms in total. The fraction of sp³-hybridized carbons (Fsp3) is 0.562. The second kappa shape index (κ2) is 7.07. The van der Waals surface area contributed by atoms with E-state index in [1.165, 1.54) is 6.07 Å². The number of anilines is 1. The maximum Gasteiger partial charge on any atom is 0.128 e. The molecule has 3 rings (SSSR count). The molecule has 1 fully saturated rings. The number of benzene rings is 1. The van der Waals surface area contributed by atoms with Crippen molar-refractivity contribution < 1.29 is 13.9 Å². The summed E-state index contributed by atoms with van der Waals surface area (Å²) in [6.07, 6.45) is 2.75. The van der Waals surface area contributed by atoms with Crippen LogP contribution in [-0.4, -0.2) is 38.3 Å². The van der Waals surface area contributed by atoms with Crippen molar-refractivity contribution in [1.82, 2.24) is 0 Å². The minimum Gasteiger partial charge on any atom is -0.386 e. The zero-order valence-electron chi connectivity index (χ0n) is 12.6. The summed E-state index contributed by atoms with van der Waals surface area (Å²) in [5, 5.41) is 3.41. The van der Waals surface area contributed by atoms with Crippen molar-refractivity contribution in [1.29, 1.82) is 0 Å². The zero-order chi connectivity index (χ0) is 15.4. The number of nitrogens with two attached hydrogens (primary N) is 1. The molecule has 0 radical (unpaired) electrons. The van der Waals surface area contributed by atoms with Gasteiger partial charge in [0, 0.05) is 30.5 Å². The van der Waals surface area contributed by atoms with E-state index < -0.39 is 0 Å². The molecule has 120 valence electrons. The van der Waals surface area contributed by atoms with E-state index in [0.29, 0.717) is 37.6 Å². The van der Waals surface area contributed by atoms with Gasteiger partial charge in [-0.05, 0) is 37.5 Å². The normalized spacial score (nSPS) is 26.1. The van der Waals surface area contributed by atoms with Gasteiger partial charge in [0.15, 0.2) is 0 Å². The number of aliphatic imine (C=N–C) groups is 1. The van der Waals surface area contributed by atoms with Gasteiger partial charge in [-0.15, -0.1) is 0 Å². The van der Waals surface area contributed by atoms with Gasteiger partial charge < -0.3 is 20.5 Å². The number of hydrogen-bond acceptors (Lipinski definition) is 5. The monoisotopic (exact) mass is 307 g/mol. The largest absolute Gasteiger partial charge is 0.386 e. The van der Waals surface area contributed by atoms with E-state index >= 15 is 0 Å². The molecule has 6 heteroatoms. The molecule has 2 unspecified atom stereocenters. The first-order chi connectivity index (χ1) is 10.7. The van der Waals surface area contributed by atoms with Gasteiger partial charge in [0.25, 0.3) is 0 Å². The molecule has 0 saturated carbocycles. The van der Waals surface area contributed by atoms with Crippen LogP contribution in [-0.2, 0) is 9.47 Å². The first-order valence-electron chi connectivity index (χ1n) is 7.76. The number of halogens is 1. The highest BCUT2D eigenvalue weighted by Crippen LogP contribution is 2.28. The molecule has 1 aromatic carbocycles. The Morgan fingerprint density at radius 2 is 2.14 bits per heavy atom. The number of ether oxygens (including phenoxy) is 2. The van der Waals surface area contributed by atoms with Gasteiger partial charge in [0.1, 0.15) is 18.3 Å². The fourth-order valence-electron chi connectivity index (χ4n) is 2.88. The summed E-state index contributed by atoms with van der Waals surface area (Å²) in [6.45, 7) is 2.36. The highest BCUT2D eigenvalue weighted by Gasteiger charge is 2.20. The van der Waals surface area contributed by atoms with Crippen LogP contribution in [0.4, 0.5) is 10.1 Å². The molecule has 0 aliphatic carbocycles. The summed E-state index contributed by atoms with van der Waals surface area (Å²) in [4.78, 5) is 4.37. The third-order valence-electron chi connectivity index (χ3n) is 3.99. The number of amidine groups is 1. The topological polar surface area (TPSA) is 68.9 Å². The van der Waals surface area contributed by atoms with Crippen molar-refractivity contribution in [3.63, 3.8) is 0 Å². The van der Waals surface area contributed by atoms with E-state index in [-0.39, 0.29) is 17.9 Å². The highest BCUT2D eigenvalue weighted by molar-refractivity contribution is 5.82. The second-order valence-corrected chi connectivity index (χ2v) is 5.77. The average molecular weight is 307 g/mol. The Kier molecular flexibility index (Phi) is 4.90.